The maximum atomic E-state index is 11.0. The highest BCUT2D eigenvalue weighted by Crippen LogP contribution is 2.26. The van der Waals surface area contributed by atoms with Crippen LogP contribution in [0.3, 0.4) is 0 Å². The van der Waals surface area contributed by atoms with E-state index in [-0.39, 0.29) is 0 Å². The monoisotopic (exact) mass is 169 g/mol. The summed E-state index contributed by atoms with van der Waals surface area (Å²) in [6, 6.07) is 1.12. The van der Waals surface area contributed by atoms with E-state index >= 15 is 0 Å². The van der Waals surface area contributed by atoms with Crippen LogP contribution in [-0.4, -0.2) is 17.9 Å². The van der Waals surface area contributed by atoms with Crippen molar-refractivity contribution in [3.8, 4) is 0 Å². The van der Waals surface area contributed by atoms with Gasteiger partial charge in [0.2, 0.25) is 0 Å². The largest absolute Gasteiger partial charge is 0.312 e. The van der Waals surface area contributed by atoms with E-state index in [1.165, 1.54) is 6.42 Å². The molecule has 0 aromatic heterocycles. The van der Waals surface area contributed by atoms with Gasteiger partial charge in [0.25, 0.3) is 0 Å². The maximum Gasteiger partial charge on any atom is 0.132 e. The number of ketones is 1. The van der Waals surface area contributed by atoms with Crippen molar-refractivity contribution in [1.29, 1.82) is 0 Å². The quantitative estimate of drug-likeness (QED) is 0.697. The molecule has 1 N–H and O–H groups in total. The number of Topliss-reactive ketones (excluding diaryl/α,β-unsaturated/α-hetero) is 1. The summed E-state index contributed by atoms with van der Waals surface area (Å²) in [5, 5.41) is 3.47. The summed E-state index contributed by atoms with van der Waals surface area (Å²) >= 11 is 0. The van der Waals surface area contributed by atoms with Gasteiger partial charge < -0.3 is 5.32 Å². The Hall–Kier alpha value is -0.370. The Morgan fingerprint density at radius 3 is 2.50 bits per heavy atom. The lowest BCUT2D eigenvalue weighted by atomic mass is 10.0. The van der Waals surface area contributed by atoms with Crippen LogP contribution in [-0.2, 0) is 4.79 Å². The summed E-state index contributed by atoms with van der Waals surface area (Å²) in [5.74, 6) is 0.698. The lowest BCUT2D eigenvalue weighted by Crippen LogP contribution is -2.32. The van der Waals surface area contributed by atoms with Crippen molar-refractivity contribution >= 4 is 5.78 Å². The van der Waals surface area contributed by atoms with Gasteiger partial charge in [0.15, 0.2) is 0 Å². The van der Waals surface area contributed by atoms with Crippen LogP contribution in [0.25, 0.3) is 0 Å². The fourth-order valence-corrected chi connectivity index (χ4v) is 1.97. The van der Waals surface area contributed by atoms with Crippen molar-refractivity contribution in [3.05, 3.63) is 0 Å². The van der Waals surface area contributed by atoms with E-state index in [1.54, 1.807) is 6.92 Å². The van der Waals surface area contributed by atoms with Gasteiger partial charge in [-0.05, 0) is 26.2 Å². The van der Waals surface area contributed by atoms with Crippen molar-refractivity contribution in [2.24, 2.45) is 5.92 Å². The van der Waals surface area contributed by atoms with Crippen LogP contribution < -0.4 is 5.32 Å². The number of hydrogen-bond donors (Lipinski definition) is 1. The first kappa shape index (κ1) is 9.72. The first-order valence-corrected chi connectivity index (χ1v) is 4.86. The summed E-state index contributed by atoms with van der Waals surface area (Å²) in [6.45, 7) is 6.02. The highest BCUT2D eigenvalue weighted by molar-refractivity contribution is 5.78. The molecule has 0 radical (unpaired) electrons. The van der Waals surface area contributed by atoms with Crippen LogP contribution in [0, 0.1) is 5.92 Å². The predicted octanol–water partition coefficient (Wildman–Crippen LogP) is 1.74. The molecule has 2 heteroatoms. The summed E-state index contributed by atoms with van der Waals surface area (Å²) in [5.41, 5.74) is 0. The van der Waals surface area contributed by atoms with Crippen LogP contribution in [0.2, 0.25) is 0 Å². The molecule has 1 saturated carbocycles. The van der Waals surface area contributed by atoms with E-state index in [0.29, 0.717) is 23.8 Å². The fourth-order valence-electron chi connectivity index (χ4n) is 1.97. The molecule has 0 saturated heterocycles. The summed E-state index contributed by atoms with van der Waals surface area (Å²) in [7, 11) is 0. The highest BCUT2D eigenvalue weighted by atomic mass is 16.1. The van der Waals surface area contributed by atoms with Crippen molar-refractivity contribution in [2.45, 2.75) is 52.1 Å². The second kappa shape index (κ2) is 4.04. The molecule has 1 aliphatic carbocycles. The van der Waals surface area contributed by atoms with Crippen LogP contribution >= 0.6 is 0 Å². The van der Waals surface area contributed by atoms with Gasteiger partial charge in [-0.25, -0.2) is 0 Å². The molecule has 0 amide bonds. The smallest absolute Gasteiger partial charge is 0.132 e. The van der Waals surface area contributed by atoms with Crippen molar-refractivity contribution in [1.82, 2.24) is 5.32 Å². The van der Waals surface area contributed by atoms with Gasteiger partial charge in [-0.3, -0.25) is 4.79 Å². The minimum Gasteiger partial charge on any atom is -0.312 e. The molecule has 0 aromatic rings. The highest BCUT2D eigenvalue weighted by Gasteiger charge is 2.27. The molecule has 12 heavy (non-hydrogen) atoms. The molecule has 2 atom stereocenters. The van der Waals surface area contributed by atoms with E-state index in [1.807, 2.05) is 0 Å². The summed E-state index contributed by atoms with van der Waals surface area (Å²) in [4.78, 5) is 11.0. The van der Waals surface area contributed by atoms with Crippen LogP contribution in [0.1, 0.15) is 40.0 Å². The maximum absolute atomic E-state index is 11.0. The van der Waals surface area contributed by atoms with Crippen LogP contribution in [0.5, 0.6) is 0 Å². The Kier molecular flexibility index (Phi) is 3.27. The zero-order chi connectivity index (χ0) is 9.14. The fraction of sp³-hybridized carbons (Fsp3) is 0.900. The Balaban J connectivity index is 2.30. The number of nitrogens with one attached hydrogen (secondary N) is 1. The molecule has 1 fully saturated rings. The van der Waals surface area contributed by atoms with Gasteiger partial charge in [0.05, 0.1) is 0 Å². The van der Waals surface area contributed by atoms with Gasteiger partial charge in [0.1, 0.15) is 5.78 Å². The lowest BCUT2D eigenvalue weighted by Gasteiger charge is -2.15. The third kappa shape index (κ3) is 2.59. The van der Waals surface area contributed by atoms with E-state index < -0.39 is 0 Å². The molecule has 70 valence electrons. The molecular formula is C10H19NO. The second-order valence-corrected chi connectivity index (χ2v) is 4.14. The first-order chi connectivity index (χ1) is 5.59. The Bertz CT molecular complexity index is 165. The van der Waals surface area contributed by atoms with E-state index in [0.717, 1.165) is 12.8 Å². The minimum atomic E-state index is 0.334. The molecule has 1 rings (SSSR count). The molecule has 2 nitrogen and oxygen atoms in total. The van der Waals surface area contributed by atoms with Crippen LogP contribution in [0.4, 0.5) is 0 Å². The average molecular weight is 169 g/mol. The molecule has 0 heterocycles. The molecule has 0 aliphatic heterocycles. The molecule has 0 unspecified atom stereocenters. The zero-order valence-corrected chi connectivity index (χ0v) is 8.26. The molecular weight excluding hydrogens is 150 g/mol. The lowest BCUT2D eigenvalue weighted by molar-refractivity contribution is -0.120. The van der Waals surface area contributed by atoms with E-state index in [4.69, 9.17) is 0 Å². The number of rotatable bonds is 3. The van der Waals surface area contributed by atoms with E-state index in [9.17, 15) is 4.79 Å². The second-order valence-electron chi connectivity index (χ2n) is 4.14. The summed E-state index contributed by atoms with van der Waals surface area (Å²) in [6.07, 6.45) is 3.30. The Morgan fingerprint density at radius 2 is 2.08 bits per heavy atom. The van der Waals surface area contributed by atoms with E-state index in [2.05, 4.69) is 19.2 Å². The minimum absolute atomic E-state index is 0.334. The molecule has 0 spiro atoms. The SMILES string of the molecule is CC(=O)[C@H]1CC[C@@H](NC(C)C)C1. The Labute approximate surface area is 74.7 Å². The molecule has 1 aliphatic rings. The number of hydrogen-bond acceptors (Lipinski definition) is 2. The normalized spacial score (nSPS) is 29.7. The zero-order valence-electron chi connectivity index (χ0n) is 8.26. The number of carbonyl (C=O) groups excluding carboxylic acids is 1. The van der Waals surface area contributed by atoms with Gasteiger partial charge in [-0.1, -0.05) is 13.8 Å². The van der Waals surface area contributed by atoms with Gasteiger partial charge in [-0.2, -0.15) is 0 Å². The average Bonchev–Trinajstić information content (AvgIpc) is 2.34. The van der Waals surface area contributed by atoms with Crippen molar-refractivity contribution in [3.63, 3.8) is 0 Å². The van der Waals surface area contributed by atoms with Gasteiger partial charge >= 0.3 is 0 Å². The third-order valence-electron chi connectivity index (χ3n) is 2.58. The first-order valence-electron chi connectivity index (χ1n) is 4.86. The predicted molar refractivity (Wildman–Crippen MR) is 50.1 cm³/mol. The van der Waals surface area contributed by atoms with Crippen LogP contribution in [0.15, 0.2) is 0 Å². The topological polar surface area (TPSA) is 29.1 Å². The van der Waals surface area contributed by atoms with Gasteiger partial charge in [-0.15, -0.1) is 0 Å². The van der Waals surface area contributed by atoms with Gasteiger partial charge in [0, 0.05) is 18.0 Å². The summed E-state index contributed by atoms with van der Waals surface area (Å²) < 4.78 is 0. The molecule has 0 aromatic carbocycles. The third-order valence-corrected chi connectivity index (χ3v) is 2.58. The number of carbonyl (C=O) groups is 1. The van der Waals surface area contributed by atoms with Crippen molar-refractivity contribution < 1.29 is 4.79 Å². The molecule has 0 bridgehead atoms. The van der Waals surface area contributed by atoms with Crippen molar-refractivity contribution in [2.75, 3.05) is 0 Å². The standard InChI is InChI=1S/C10H19NO/c1-7(2)11-10-5-4-9(6-10)8(3)12/h7,9-11H,4-6H2,1-3H3/t9-,10+/m0/s1. The Morgan fingerprint density at radius 1 is 1.42 bits per heavy atom.